The van der Waals surface area contributed by atoms with Gasteiger partial charge in [-0.25, -0.2) is 4.98 Å². The van der Waals surface area contributed by atoms with E-state index >= 15 is 0 Å². The summed E-state index contributed by atoms with van der Waals surface area (Å²) >= 11 is 6.11. The minimum atomic E-state index is -3.77. The van der Waals surface area contributed by atoms with Gasteiger partial charge in [0.05, 0.1) is 5.56 Å². The maximum atomic E-state index is 12.7. The van der Waals surface area contributed by atoms with Gasteiger partial charge in [0.2, 0.25) is 5.91 Å². The summed E-state index contributed by atoms with van der Waals surface area (Å²) in [6, 6.07) is 9.46. The Morgan fingerprint density at radius 3 is 2.70 bits per heavy atom. The van der Waals surface area contributed by atoms with Gasteiger partial charge in [0.15, 0.2) is 5.01 Å². The van der Waals surface area contributed by atoms with Gasteiger partial charge in [0, 0.05) is 30.0 Å². The third kappa shape index (κ3) is 4.19. The van der Waals surface area contributed by atoms with Crippen LogP contribution in [0.15, 0.2) is 42.6 Å². The molecule has 1 aliphatic rings. The van der Waals surface area contributed by atoms with Crippen molar-refractivity contribution in [3.05, 3.63) is 47.6 Å². The smallest absolute Gasteiger partial charge is 0.420 e. The summed E-state index contributed by atoms with van der Waals surface area (Å²) in [5.41, 5.74) is -3.15. The van der Waals surface area contributed by atoms with Crippen LogP contribution in [0.25, 0.3) is 10.6 Å². The number of hydrogen-bond acceptors (Lipinski definition) is 7. The summed E-state index contributed by atoms with van der Waals surface area (Å²) in [5, 5.41) is 15.7. The first kappa shape index (κ1) is 20.4. The number of rotatable bonds is 6. The number of amides is 1. The molecule has 1 atom stereocenters. The van der Waals surface area contributed by atoms with Crippen molar-refractivity contribution in [2.45, 2.75) is 24.3 Å². The molecule has 0 bridgehead atoms. The molecule has 0 aliphatic carbocycles. The van der Waals surface area contributed by atoms with Crippen molar-refractivity contribution in [2.24, 2.45) is 0 Å². The van der Waals surface area contributed by atoms with Crippen molar-refractivity contribution in [1.29, 1.82) is 0 Å². The third-order valence-electron chi connectivity index (χ3n) is 4.70. The molecule has 3 aromatic rings. The monoisotopic (exact) mass is 451 g/mol. The number of halogens is 3. The van der Waals surface area contributed by atoms with Crippen LogP contribution in [-0.4, -0.2) is 33.2 Å². The Kier molecular flexibility index (Phi) is 5.29. The Morgan fingerprint density at radius 2 is 2.03 bits per heavy atom. The van der Waals surface area contributed by atoms with Crippen LogP contribution >= 0.6 is 22.9 Å². The molecule has 1 fully saturated rings. The Bertz CT molecular complexity index is 1070. The fourth-order valence-corrected chi connectivity index (χ4v) is 4.18. The van der Waals surface area contributed by atoms with Gasteiger partial charge in [0.25, 0.3) is 0 Å². The Balaban J connectivity index is 1.57. The van der Waals surface area contributed by atoms with E-state index in [2.05, 4.69) is 30.6 Å². The highest BCUT2D eigenvalue weighted by molar-refractivity contribution is 7.15. The highest BCUT2D eigenvalue weighted by atomic mass is 35.5. The van der Waals surface area contributed by atoms with Crippen LogP contribution in [0.5, 0.6) is 5.75 Å². The van der Waals surface area contributed by atoms with Gasteiger partial charge in [-0.1, -0.05) is 11.3 Å². The van der Waals surface area contributed by atoms with E-state index in [4.69, 9.17) is 11.6 Å². The standard InChI is InChI=1S/C19H16ClF2N5O2S/c1-18(8-10-24-16(18)28)17-27-26-15(30-17)13-3-2-9-23-14(13)25-11-4-6-12(7-5-11)29-19(20,21)22/h2-7,9H,8,10H2,1H3,(H,23,25)(H,24,28). The van der Waals surface area contributed by atoms with Gasteiger partial charge in [-0.15, -0.1) is 19.0 Å². The molecule has 1 saturated heterocycles. The van der Waals surface area contributed by atoms with E-state index in [1.54, 1.807) is 24.4 Å². The molecule has 1 unspecified atom stereocenters. The maximum Gasteiger partial charge on any atom is 0.487 e. The molecule has 4 rings (SSSR count). The fraction of sp³-hybridized carbons (Fsp3) is 0.263. The largest absolute Gasteiger partial charge is 0.487 e. The van der Waals surface area contributed by atoms with Gasteiger partial charge >= 0.3 is 5.57 Å². The average Bonchev–Trinajstić information content (AvgIpc) is 3.31. The molecular formula is C19H16ClF2N5O2S. The zero-order valence-corrected chi connectivity index (χ0v) is 17.2. The highest BCUT2D eigenvalue weighted by Crippen LogP contribution is 2.38. The number of anilines is 2. The van der Waals surface area contributed by atoms with Gasteiger partial charge in [-0.2, -0.15) is 0 Å². The quantitative estimate of drug-likeness (QED) is 0.543. The van der Waals surface area contributed by atoms with E-state index in [1.807, 2.05) is 13.0 Å². The molecule has 30 heavy (non-hydrogen) atoms. The Morgan fingerprint density at radius 1 is 1.27 bits per heavy atom. The first-order valence-electron chi connectivity index (χ1n) is 8.95. The molecule has 2 aromatic heterocycles. The first-order chi connectivity index (χ1) is 14.2. The third-order valence-corrected chi connectivity index (χ3v) is 6.00. The van der Waals surface area contributed by atoms with Gasteiger partial charge in [-0.3, -0.25) is 4.79 Å². The van der Waals surface area contributed by atoms with Crippen molar-refractivity contribution >= 4 is 40.4 Å². The lowest BCUT2D eigenvalue weighted by atomic mass is 9.90. The van der Waals surface area contributed by atoms with Crippen LogP contribution in [-0.2, 0) is 10.2 Å². The van der Waals surface area contributed by atoms with Crippen molar-refractivity contribution in [2.75, 3.05) is 11.9 Å². The summed E-state index contributed by atoms with van der Waals surface area (Å²) in [6.45, 7) is 2.47. The fourth-order valence-electron chi connectivity index (χ4n) is 3.05. The van der Waals surface area contributed by atoms with E-state index in [9.17, 15) is 13.6 Å². The van der Waals surface area contributed by atoms with Crippen LogP contribution in [0, 0.1) is 0 Å². The molecular weight excluding hydrogens is 436 g/mol. The lowest BCUT2D eigenvalue weighted by molar-refractivity contribution is -0.123. The van der Waals surface area contributed by atoms with Crippen LogP contribution in [0.1, 0.15) is 18.4 Å². The van der Waals surface area contributed by atoms with E-state index in [-0.39, 0.29) is 11.7 Å². The lowest BCUT2D eigenvalue weighted by Gasteiger charge is -2.15. The summed E-state index contributed by atoms with van der Waals surface area (Å²) in [7, 11) is 0. The van der Waals surface area contributed by atoms with Crippen molar-refractivity contribution < 1.29 is 18.3 Å². The molecule has 7 nitrogen and oxygen atoms in total. The Hall–Kier alpha value is -2.85. The molecule has 156 valence electrons. The molecule has 3 heterocycles. The predicted molar refractivity (Wildman–Crippen MR) is 109 cm³/mol. The summed E-state index contributed by atoms with van der Waals surface area (Å²) in [6.07, 6.45) is 2.28. The number of carbonyl (C=O) groups is 1. The molecule has 1 amide bonds. The summed E-state index contributed by atoms with van der Waals surface area (Å²) < 4.78 is 29.8. The lowest BCUT2D eigenvalue weighted by Crippen LogP contribution is -2.32. The number of alkyl halides is 3. The van der Waals surface area contributed by atoms with Crippen LogP contribution in [0.3, 0.4) is 0 Å². The Labute approximate surface area is 179 Å². The molecule has 0 radical (unpaired) electrons. The van der Waals surface area contributed by atoms with Gasteiger partial charge in [0.1, 0.15) is 22.0 Å². The topological polar surface area (TPSA) is 89.0 Å². The number of carbonyl (C=O) groups excluding carboxylic acids is 1. The van der Waals surface area contributed by atoms with E-state index < -0.39 is 11.0 Å². The summed E-state index contributed by atoms with van der Waals surface area (Å²) in [5.74, 6) is 0.385. The second-order valence-corrected chi connectivity index (χ2v) is 8.26. The number of pyridine rings is 1. The summed E-state index contributed by atoms with van der Waals surface area (Å²) in [4.78, 5) is 16.5. The number of benzene rings is 1. The molecule has 0 spiro atoms. The zero-order chi connectivity index (χ0) is 21.4. The van der Waals surface area contributed by atoms with Crippen LogP contribution < -0.4 is 15.4 Å². The molecule has 1 aromatic carbocycles. The van der Waals surface area contributed by atoms with E-state index in [0.29, 0.717) is 40.0 Å². The van der Waals surface area contributed by atoms with E-state index in [1.165, 1.54) is 23.5 Å². The second-order valence-electron chi connectivity index (χ2n) is 6.85. The molecule has 0 saturated carbocycles. The van der Waals surface area contributed by atoms with E-state index in [0.717, 1.165) is 0 Å². The van der Waals surface area contributed by atoms with Gasteiger partial charge < -0.3 is 15.4 Å². The minimum absolute atomic E-state index is 0.0560. The number of ether oxygens (including phenoxy) is 1. The van der Waals surface area contributed by atoms with Crippen LogP contribution in [0.4, 0.5) is 20.3 Å². The minimum Gasteiger partial charge on any atom is -0.420 e. The highest BCUT2D eigenvalue weighted by Gasteiger charge is 2.42. The second kappa shape index (κ2) is 7.77. The van der Waals surface area contributed by atoms with Crippen LogP contribution in [0.2, 0.25) is 0 Å². The zero-order valence-electron chi connectivity index (χ0n) is 15.7. The average molecular weight is 452 g/mol. The number of hydrogen-bond donors (Lipinski definition) is 2. The predicted octanol–water partition coefficient (Wildman–Crippen LogP) is 4.29. The SMILES string of the molecule is CC1(c2nnc(-c3cccnc3Nc3ccc(OC(F)(F)Cl)cc3)s2)CCNC1=O. The first-order valence-corrected chi connectivity index (χ1v) is 10.1. The van der Waals surface area contributed by atoms with Crippen molar-refractivity contribution in [3.63, 3.8) is 0 Å². The number of nitrogens with one attached hydrogen (secondary N) is 2. The normalized spacial score (nSPS) is 18.9. The van der Waals surface area contributed by atoms with Gasteiger partial charge in [-0.05, 0) is 49.7 Å². The molecule has 2 N–H and O–H groups in total. The number of aromatic nitrogens is 3. The molecule has 1 aliphatic heterocycles. The van der Waals surface area contributed by atoms with Crippen molar-refractivity contribution in [3.8, 4) is 16.3 Å². The van der Waals surface area contributed by atoms with Crippen molar-refractivity contribution in [1.82, 2.24) is 20.5 Å². The maximum absolute atomic E-state index is 12.7. The number of nitrogens with zero attached hydrogens (tertiary/aromatic N) is 3. The molecule has 11 heteroatoms.